The summed E-state index contributed by atoms with van der Waals surface area (Å²) in [5.74, 6) is 4.27. The summed E-state index contributed by atoms with van der Waals surface area (Å²) in [5.41, 5.74) is 5.37. The largest absolute Gasteiger partial charge is 1.00 e. The molecule has 0 aliphatic heterocycles. The van der Waals surface area contributed by atoms with E-state index in [-0.39, 0.29) is 102 Å². The maximum Gasteiger partial charge on any atom is 1.00 e. The summed E-state index contributed by atoms with van der Waals surface area (Å²) in [6.45, 7) is 11.5. The predicted octanol–water partition coefficient (Wildman–Crippen LogP) is 3.89. The van der Waals surface area contributed by atoms with Crippen molar-refractivity contribution >= 4 is 105 Å². The second-order valence-electron chi connectivity index (χ2n) is 11.7. The Morgan fingerprint density at radius 1 is 0.845 bits per heavy atom. The van der Waals surface area contributed by atoms with Gasteiger partial charge in [-0.05, 0) is 69.0 Å². The zero-order chi connectivity index (χ0) is 43.6. The second-order valence-corrected chi connectivity index (χ2v) is 14.9. The molecule has 2 aromatic carbocycles. The molecule has 2 heterocycles. The number of aryl methyl sites for hydroxylation is 1. The van der Waals surface area contributed by atoms with Crippen LogP contribution in [0, 0.1) is 6.92 Å². The summed E-state index contributed by atoms with van der Waals surface area (Å²) in [7, 11) is 0. The van der Waals surface area contributed by atoms with Crippen LogP contribution in [-0.2, 0) is 24.5 Å². The fraction of sp³-hybridized carbons (Fsp3) is 0.343. The third-order valence-electron chi connectivity index (χ3n) is 6.35. The van der Waals surface area contributed by atoms with Crippen LogP contribution in [0.15, 0.2) is 46.3 Å². The van der Waals surface area contributed by atoms with Gasteiger partial charge in [0.2, 0.25) is 5.16 Å². The number of ether oxygens (including phenoxy) is 4. The van der Waals surface area contributed by atoms with Crippen molar-refractivity contribution in [2.45, 2.75) is 52.1 Å². The Balaban J connectivity index is 0.000000744. The number of nitrogen functional groups attached to an aromatic ring is 2. The summed E-state index contributed by atoms with van der Waals surface area (Å²) < 4.78 is 20.9. The smallest absolute Gasteiger partial charge is 0.543 e. The third kappa shape index (κ3) is 19.0. The monoisotopic (exact) mass is 968 g/mol. The van der Waals surface area contributed by atoms with Gasteiger partial charge in [0.1, 0.15) is 27.9 Å². The van der Waals surface area contributed by atoms with Crippen molar-refractivity contribution < 1.29 is 89.8 Å². The normalized spacial score (nSPS) is 10.2. The first-order valence-corrected chi connectivity index (χ1v) is 19.7. The summed E-state index contributed by atoms with van der Waals surface area (Å²) in [6.07, 6.45) is 1.80. The molecule has 0 saturated carbocycles. The molecule has 0 bridgehead atoms. The molecule has 0 aliphatic carbocycles. The summed E-state index contributed by atoms with van der Waals surface area (Å²) in [5, 5.41) is 19.6. The molecule has 0 saturated heterocycles. The van der Waals surface area contributed by atoms with Crippen molar-refractivity contribution in [1.82, 2.24) is 19.9 Å². The van der Waals surface area contributed by atoms with Crippen LogP contribution in [0.5, 0.6) is 11.5 Å². The van der Waals surface area contributed by atoms with Crippen LogP contribution in [-0.4, -0.2) is 70.4 Å². The van der Waals surface area contributed by atoms with Gasteiger partial charge in [-0.15, -0.1) is 10.2 Å². The van der Waals surface area contributed by atoms with Crippen LogP contribution in [0.3, 0.4) is 0 Å². The van der Waals surface area contributed by atoms with Gasteiger partial charge in [-0.1, -0.05) is 102 Å². The molecule has 0 spiro atoms. The van der Waals surface area contributed by atoms with Crippen LogP contribution in [0.1, 0.15) is 56.4 Å². The first kappa shape index (κ1) is 55.7. The Morgan fingerprint density at radius 2 is 1.34 bits per heavy atom. The van der Waals surface area contributed by atoms with Gasteiger partial charge in [0.05, 0.1) is 34.9 Å². The fourth-order valence-corrected chi connectivity index (χ4v) is 5.38. The number of carbonyl (C=O) groups excluding carboxylic acids is 3. The SMILES string of the molecule is CCOC(=O)COc1ccc(Cl)cc1C.CCOC(=O)COc1ccc(Cl)cc1Cl.CSc1nnc(C(C)(C)C)c(=O)n1N.Nc1c(Cl)c(Cl)nc(C(=O)[O-])c1Cl.[K+]. The minimum Gasteiger partial charge on any atom is -0.543 e. The molecule has 312 valence electrons. The van der Waals surface area contributed by atoms with Crippen molar-refractivity contribution in [1.29, 1.82) is 0 Å². The Kier molecular flexibility index (Phi) is 26.5. The van der Waals surface area contributed by atoms with Crippen LogP contribution in [0.4, 0.5) is 5.69 Å². The second kappa shape index (κ2) is 27.6. The number of esters is 2. The summed E-state index contributed by atoms with van der Waals surface area (Å²) >= 11 is 35.1. The molecule has 0 aliphatic rings. The van der Waals surface area contributed by atoms with E-state index in [9.17, 15) is 24.3 Å². The number of halogens is 6. The number of aromatic nitrogens is 4. The minimum absolute atomic E-state index is 0. The molecule has 4 N–H and O–H groups in total. The topological polar surface area (TPSA) is 224 Å². The van der Waals surface area contributed by atoms with E-state index >= 15 is 0 Å². The molecule has 0 atom stereocenters. The maximum atomic E-state index is 11.7. The molecule has 0 unspecified atom stereocenters. The number of nitrogens with zero attached hydrogens (tertiary/aromatic N) is 4. The third-order valence-corrected chi connectivity index (χ3v) is 8.90. The van der Waals surface area contributed by atoms with Gasteiger partial charge in [0.25, 0.3) is 5.56 Å². The van der Waals surface area contributed by atoms with Crippen LogP contribution >= 0.6 is 81.4 Å². The van der Waals surface area contributed by atoms with Crippen molar-refractivity contribution in [3.05, 3.63) is 94.0 Å². The molecule has 0 amide bonds. The number of benzene rings is 2. The van der Waals surface area contributed by atoms with E-state index in [1.165, 1.54) is 11.8 Å². The van der Waals surface area contributed by atoms with Gasteiger partial charge in [0, 0.05) is 15.5 Å². The van der Waals surface area contributed by atoms with E-state index in [4.69, 9.17) is 100 Å². The zero-order valence-corrected chi connectivity index (χ0v) is 41.1. The summed E-state index contributed by atoms with van der Waals surface area (Å²) in [4.78, 5) is 47.5. The van der Waals surface area contributed by atoms with E-state index in [0.29, 0.717) is 50.6 Å². The van der Waals surface area contributed by atoms with Crippen LogP contribution in [0.2, 0.25) is 30.3 Å². The molecule has 58 heavy (non-hydrogen) atoms. The number of carbonyl (C=O) groups is 3. The van der Waals surface area contributed by atoms with E-state index < -0.39 is 17.6 Å². The fourth-order valence-electron chi connectivity index (χ4n) is 3.71. The van der Waals surface area contributed by atoms with E-state index in [1.807, 2.05) is 27.7 Å². The van der Waals surface area contributed by atoms with Crippen molar-refractivity contribution in [2.75, 3.05) is 44.3 Å². The number of pyridine rings is 1. The average molecular weight is 972 g/mol. The molecule has 2 aromatic heterocycles. The number of nitrogens with two attached hydrogens (primary N) is 2. The van der Waals surface area contributed by atoms with E-state index in [2.05, 4.69) is 15.2 Å². The Hall–Kier alpha value is -2.26. The van der Waals surface area contributed by atoms with Crippen molar-refractivity contribution in [3.63, 3.8) is 0 Å². The van der Waals surface area contributed by atoms with Gasteiger partial charge in [-0.3, -0.25) is 4.79 Å². The first-order valence-electron chi connectivity index (χ1n) is 16.2. The van der Waals surface area contributed by atoms with Gasteiger partial charge < -0.3 is 40.4 Å². The van der Waals surface area contributed by atoms with Gasteiger partial charge in [-0.25, -0.2) is 14.6 Å². The number of thioether (sulfide) groups is 1. The Bertz CT molecular complexity index is 2010. The molecule has 15 nitrogen and oxygen atoms in total. The Morgan fingerprint density at radius 3 is 1.79 bits per heavy atom. The molecular weight excluding hydrogens is 932 g/mol. The van der Waals surface area contributed by atoms with E-state index in [1.54, 1.807) is 56.5 Å². The van der Waals surface area contributed by atoms with E-state index in [0.717, 1.165) is 10.2 Å². The predicted molar refractivity (Wildman–Crippen MR) is 222 cm³/mol. The number of hydrogen-bond donors (Lipinski definition) is 2. The number of anilines is 1. The van der Waals surface area contributed by atoms with Gasteiger partial charge >= 0.3 is 63.3 Å². The number of aromatic carboxylic acids is 1. The number of carboxylic acids is 1. The van der Waals surface area contributed by atoms with Crippen LogP contribution in [0.25, 0.3) is 0 Å². The standard InChI is InChI=1S/C11H13ClO3.C10H10Cl2O3.C8H14N4OS.C6H3Cl3N2O2.K/c1-3-14-11(13)7-15-10-5-4-9(12)6-8(10)2;1-2-14-10(13)6-15-9-4-3-7(11)5-8(9)12;1-8(2,3)5-6(13)12(9)7(14-4)11-10-5;7-1-3(10)2(8)5(9)11-4(1)6(12)13;/h4-6H,3,7H2,1-2H3;3-5H,2,6H2,1H3;9H2,1-4H3;(H2,10,11)(H,12,13);/q;;;;+1/p-1. The number of carboxylic acid groups (broad SMARTS) is 1. The first-order chi connectivity index (χ1) is 26.6. The number of rotatable bonds is 10. The van der Waals surface area contributed by atoms with Gasteiger partial charge in [0.15, 0.2) is 18.4 Å². The molecule has 0 radical (unpaired) electrons. The van der Waals surface area contributed by atoms with Crippen molar-refractivity contribution in [3.8, 4) is 11.5 Å². The zero-order valence-electron chi connectivity index (χ0n) is 32.6. The maximum absolute atomic E-state index is 11.7. The quantitative estimate of drug-likeness (QED) is 0.0757. The molecule has 23 heteroatoms. The molecule has 4 aromatic rings. The number of hydrogen-bond acceptors (Lipinski definition) is 15. The molecule has 0 fully saturated rings. The average Bonchev–Trinajstić information content (AvgIpc) is 3.13. The van der Waals surface area contributed by atoms with Gasteiger partial charge in [-0.2, -0.15) is 4.68 Å². The molecule has 4 rings (SSSR count). The minimum atomic E-state index is -1.56. The molecular formula is C35H39Cl6KN6O9S. The van der Waals surface area contributed by atoms with Crippen molar-refractivity contribution in [2.24, 2.45) is 0 Å². The summed E-state index contributed by atoms with van der Waals surface area (Å²) in [6, 6.07) is 10.0. The Labute approximate surface area is 412 Å². The van der Waals surface area contributed by atoms with Crippen LogP contribution < -0.4 is 83.1 Å².